The largest absolute Gasteiger partial charge is 0.523 e. The van der Waals surface area contributed by atoms with E-state index in [1.807, 2.05) is 0 Å². The molecule has 0 spiro atoms. The van der Waals surface area contributed by atoms with Crippen molar-refractivity contribution in [3.05, 3.63) is 11.9 Å². The summed E-state index contributed by atoms with van der Waals surface area (Å²) in [6.07, 6.45) is 13.7. The van der Waals surface area contributed by atoms with Crippen molar-refractivity contribution in [1.82, 2.24) is 0 Å². The number of allylic oxidation sites excluding steroid dienone is 1. The first kappa shape index (κ1) is 23.1. The van der Waals surface area contributed by atoms with Gasteiger partial charge in [0, 0.05) is 5.41 Å². The molecule has 0 aliphatic heterocycles. The van der Waals surface area contributed by atoms with Crippen molar-refractivity contribution in [1.29, 1.82) is 0 Å². The fourth-order valence-electron chi connectivity index (χ4n) is 8.43. The maximum Gasteiger partial charge on any atom is 0.523 e. The average Bonchev–Trinajstić information content (AvgIpc) is 2.74. The zero-order valence-electron chi connectivity index (χ0n) is 18.8. The van der Waals surface area contributed by atoms with Gasteiger partial charge in [0.15, 0.2) is 0 Å². The smallest absolute Gasteiger partial charge is 0.252 e. The van der Waals surface area contributed by atoms with Crippen LogP contribution in [0.4, 0.5) is 17.6 Å². The Morgan fingerprint density at radius 3 is 1.88 bits per heavy atom. The maximum atomic E-state index is 15.7. The standard InChI is InChI=1S/C24H34F4O3S/c1-17-2-4-18(5-3-17)20-6-9-21(10-7-20,11-8-20)23-14-12-22(13-15-23,16-19(23)25)31-32(29,30)24(26,27)28/h16-18H,2-15H2,1H3. The Kier molecular flexibility index (Phi) is 5.20. The van der Waals surface area contributed by atoms with E-state index in [1.165, 1.54) is 25.7 Å². The molecular formula is C24H34F4O3S. The third-order valence-electron chi connectivity index (χ3n) is 10.6. The van der Waals surface area contributed by atoms with Crippen LogP contribution in [-0.4, -0.2) is 19.5 Å². The highest BCUT2D eigenvalue weighted by Gasteiger charge is 2.66. The Hall–Kier alpha value is -0.630. The highest BCUT2D eigenvalue weighted by molar-refractivity contribution is 7.87. The lowest BCUT2D eigenvalue weighted by Crippen LogP contribution is -2.58. The lowest BCUT2D eigenvalue weighted by Gasteiger charge is -2.66. The number of hydrogen-bond acceptors (Lipinski definition) is 3. The highest BCUT2D eigenvalue weighted by atomic mass is 32.2. The van der Waals surface area contributed by atoms with Gasteiger partial charge in [-0.15, -0.1) is 0 Å². The first-order valence-electron chi connectivity index (χ1n) is 12.3. The average molecular weight is 479 g/mol. The molecule has 7 rings (SSSR count). The van der Waals surface area contributed by atoms with Gasteiger partial charge >= 0.3 is 15.6 Å². The van der Waals surface area contributed by atoms with Gasteiger partial charge in [-0.25, -0.2) is 4.39 Å². The predicted octanol–water partition coefficient (Wildman–Crippen LogP) is 7.19. The van der Waals surface area contributed by atoms with Gasteiger partial charge in [0.25, 0.3) is 0 Å². The Morgan fingerprint density at radius 2 is 1.41 bits per heavy atom. The molecule has 0 N–H and O–H groups in total. The summed E-state index contributed by atoms with van der Waals surface area (Å²) >= 11 is 0. The van der Waals surface area contributed by atoms with Crippen LogP contribution in [0.1, 0.15) is 96.8 Å². The quantitative estimate of drug-likeness (QED) is 0.244. The van der Waals surface area contributed by atoms with E-state index in [4.69, 9.17) is 0 Å². The Morgan fingerprint density at radius 1 is 0.875 bits per heavy atom. The highest BCUT2D eigenvalue weighted by Crippen LogP contribution is 2.73. The van der Waals surface area contributed by atoms with E-state index in [0.717, 1.165) is 56.4 Å². The summed E-state index contributed by atoms with van der Waals surface area (Å²) in [5, 5.41) is 0. The van der Waals surface area contributed by atoms with Crippen molar-refractivity contribution >= 4 is 10.1 Å². The summed E-state index contributed by atoms with van der Waals surface area (Å²) in [4.78, 5) is 0. The van der Waals surface area contributed by atoms with Crippen LogP contribution in [-0.2, 0) is 14.3 Å². The molecule has 3 nitrogen and oxygen atoms in total. The number of rotatable bonds is 4. The molecular weight excluding hydrogens is 444 g/mol. The summed E-state index contributed by atoms with van der Waals surface area (Å²) in [7, 11) is -5.76. The zero-order valence-corrected chi connectivity index (χ0v) is 19.6. The minimum Gasteiger partial charge on any atom is -0.252 e. The van der Waals surface area contributed by atoms with E-state index in [-0.39, 0.29) is 18.3 Å². The lowest BCUT2D eigenvalue weighted by atomic mass is 9.39. The second-order valence-electron chi connectivity index (χ2n) is 11.7. The third-order valence-corrected chi connectivity index (χ3v) is 11.7. The van der Waals surface area contributed by atoms with Crippen molar-refractivity contribution in [2.75, 3.05) is 0 Å². The molecule has 4 bridgehead atoms. The van der Waals surface area contributed by atoms with Gasteiger partial charge in [-0.3, -0.25) is 4.18 Å². The topological polar surface area (TPSA) is 43.4 Å². The molecule has 5 saturated carbocycles. The Labute approximate surface area is 188 Å². The van der Waals surface area contributed by atoms with Gasteiger partial charge in [-0.05, 0) is 106 Å². The van der Waals surface area contributed by atoms with Crippen molar-refractivity contribution < 1.29 is 30.2 Å². The van der Waals surface area contributed by atoms with Crippen LogP contribution < -0.4 is 0 Å². The molecule has 0 aromatic heterocycles. The van der Waals surface area contributed by atoms with E-state index in [1.54, 1.807) is 0 Å². The summed E-state index contributed by atoms with van der Waals surface area (Å²) in [5.74, 6) is 1.18. The van der Waals surface area contributed by atoms with Gasteiger partial charge in [0.1, 0.15) is 11.4 Å². The SMILES string of the molecule is CC1CCC(C23CCC(C45CCC(OS(=O)(=O)C(F)(F)F)(C=C4F)CC5)(CC2)CC3)CC1. The molecule has 0 heterocycles. The molecule has 8 heteroatoms. The van der Waals surface area contributed by atoms with Crippen LogP contribution in [0.2, 0.25) is 0 Å². The van der Waals surface area contributed by atoms with Gasteiger partial charge in [0.05, 0.1) is 0 Å². The summed E-state index contributed by atoms with van der Waals surface area (Å²) in [6, 6.07) is 0. The van der Waals surface area contributed by atoms with Crippen LogP contribution in [0.5, 0.6) is 0 Å². The van der Waals surface area contributed by atoms with Gasteiger partial charge in [0.2, 0.25) is 0 Å². The fraction of sp³-hybridized carbons (Fsp3) is 0.917. The van der Waals surface area contributed by atoms with Crippen LogP contribution in [0.15, 0.2) is 11.9 Å². The lowest BCUT2D eigenvalue weighted by molar-refractivity contribution is -0.150. The second kappa shape index (κ2) is 7.19. The minimum atomic E-state index is -5.76. The summed E-state index contributed by atoms with van der Waals surface area (Å²) in [6.45, 7) is 2.34. The predicted molar refractivity (Wildman–Crippen MR) is 113 cm³/mol. The molecule has 0 aromatic carbocycles. The molecule has 0 aromatic rings. The number of hydrogen-bond donors (Lipinski definition) is 0. The van der Waals surface area contributed by atoms with E-state index >= 15 is 4.39 Å². The van der Waals surface area contributed by atoms with E-state index < -0.39 is 32.5 Å². The van der Waals surface area contributed by atoms with E-state index in [9.17, 15) is 21.6 Å². The summed E-state index contributed by atoms with van der Waals surface area (Å²) < 4.78 is 82.2. The molecule has 0 atom stereocenters. The molecule has 32 heavy (non-hydrogen) atoms. The van der Waals surface area contributed by atoms with Crippen LogP contribution in [0.3, 0.4) is 0 Å². The number of halogens is 4. The molecule has 0 amide bonds. The van der Waals surface area contributed by atoms with Gasteiger partial charge in [-0.1, -0.05) is 19.8 Å². The maximum absolute atomic E-state index is 15.7. The van der Waals surface area contributed by atoms with Crippen LogP contribution >= 0.6 is 0 Å². The number of alkyl halides is 3. The number of fused-ring (bicyclic) bond motifs is 5. The molecule has 0 saturated heterocycles. The first-order chi connectivity index (χ1) is 14.9. The second-order valence-corrected chi connectivity index (χ2v) is 13.3. The molecule has 7 aliphatic carbocycles. The molecule has 7 aliphatic rings. The minimum absolute atomic E-state index is 0.128. The Bertz CT molecular complexity index is 866. The summed E-state index contributed by atoms with van der Waals surface area (Å²) in [5.41, 5.74) is -7.59. The van der Waals surface area contributed by atoms with Crippen molar-refractivity contribution in [2.45, 2.75) is 108 Å². The molecule has 0 radical (unpaired) electrons. The van der Waals surface area contributed by atoms with Crippen LogP contribution in [0.25, 0.3) is 0 Å². The van der Waals surface area contributed by atoms with Crippen molar-refractivity contribution in [2.24, 2.45) is 28.1 Å². The van der Waals surface area contributed by atoms with Crippen molar-refractivity contribution in [3.8, 4) is 0 Å². The van der Waals surface area contributed by atoms with Gasteiger partial charge < -0.3 is 0 Å². The van der Waals surface area contributed by atoms with E-state index in [2.05, 4.69) is 11.1 Å². The monoisotopic (exact) mass is 478 g/mol. The van der Waals surface area contributed by atoms with Gasteiger partial charge in [-0.2, -0.15) is 21.6 Å². The molecule has 5 fully saturated rings. The van der Waals surface area contributed by atoms with Crippen LogP contribution in [0, 0.1) is 28.1 Å². The Balaban J connectivity index is 1.36. The zero-order chi connectivity index (χ0) is 23.0. The molecule has 0 unspecified atom stereocenters. The normalized spacial score (nSPS) is 46.8. The van der Waals surface area contributed by atoms with Crippen molar-refractivity contribution in [3.63, 3.8) is 0 Å². The third kappa shape index (κ3) is 3.24. The fourth-order valence-corrected chi connectivity index (χ4v) is 9.17. The van der Waals surface area contributed by atoms with E-state index in [0.29, 0.717) is 18.3 Å². The molecule has 182 valence electrons. The first-order valence-corrected chi connectivity index (χ1v) is 13.7.